The van der Waals surface area contributed by atoms with E-state index in [4.69, 9.17) is 24.5 Å². The molecular formula is C52H89N7O12. The Morgan fingerprint density at radius 2 is 1.15 bits per heavy atom. The Kier molecular flexibility index (Phi) is 34.2. The Morgan fingerprint density at radius 1 is 0.704 bits per heavy atom. The molecule has 2 rings (SSSR count). The molecule has 2 heterocycles. The highest BCUT2D eigenvalue weighted by Gasteiger charge is 2.38. The number of nitrogens with zero attached hydrogens (tertiary/aromatic N) is 4. The first kappa shape index (κ1) is 62.4. The van der Waals surface area contributed by atoms with Crippen LogP contribution in [0.3, 0.4) is 0 Å². The smallest absolute Gasteiger partial charge is 0.330 e. The minimum atomic E-state index is -1.68. The first-order valence-corrected chi connectivity index (χ1v) is 27.0. The first-order valence-electron chi connectivity index (χ1n) is 27.0. The molecule has 4 N–H and O–H groups in total. The third-order valence-electron chi connectivity index (χ3n) is 13.0. The number of aromatic nitrogens is 2. The summed E-state index contributed by atoms with van der Waals surface area (Å²) >= 11 is 0. The number of azide groups is 1. The van der Waals surface area contributed by atoms with Crippen molar-refractivity contribution >= 4 is 29.7 Å². The van der Waals surface area contributed by atoms with E-state index in [9.17, 15) is 38.7 Å². The number of unbranched alkanes of at least 4 members (excludes halogenated alkanes) is 24. The largest absolute Gasteiger partial charge is 0.463 e. The number of ether oxygens (including phenoxy) is 4. The average molecular weight is 1000 g/mol. The van der Waals surface area contributed by atoms with Gasteiger partial charge in [-0.1, -0.05) is 173 Å². The molecule has 0 unspecified atom stereocenters. The number of hydrogen-bond acceptors (Lipinski definition) is 13. The van der Waals surface area contributed by atoms with Crippen LogP contribution in [-0.4, -0.2) is 95.0 Å². The Bertz CT molecular complexity index is 1800. The molecule has 404 valence electrons. The van der Waals surface area contributed by atoms with E-state index in [2.05, 4.69) is 39.5 Å². The topological polar surface area (TPSA) is 270 Å². The molecule has 19 heteroatoms. The summed E-state index contributed by atoms with van der Waals surface area (Å²) in [5.41, 5.74) is 6.37. The summed E-state index contributed by atoms with van der Waals surface area (Å²) in [5.74, 6) is -3.23. The molecule has 0 spiro atoms. The highest BCUT2D eigenvalue weighted by Crippen LogP contribution is 2.30. The lowest BCUT2D eigenvalue weighted by Crippen LogP contribution is -2.60. The van der Waals surface area contributed by atoms with Crippen LogP contribution in [0, 0.1) is 6.92 Å². The first-order chi connectivity index (χ1) is 34.4. The van der Waals surface area contributed by atoms with Crippen molar-refractivity contribution in [3.8, 4) is 0 Å². The molecule has 0 bridgehead atoms. The fourth-order valence-corrected chi connectivity index (χ4v) is 8.49. The number of hydrogen-bond donors (Lipinski definition) is 4. The van der Waals surface area contributed by atoms with E-state index in [0.29, 0.717) is 12.8 Å². The van der Waals surface area contributed by atoms with Crippen molar-refractivity contribution in [2.24, 2.45) is 5.11 Å². The lowest BCUT2D eigenvalue weighted by molar-refractivity contribution is -0.154. The van der Waals surface area contributed by atoms with E-state index < -0.39 is 91.2 Å². The van der Waals surface area contributed by atoms with Gasteiger partial charge in [0.2, 0.25) is 11.8 Å². The molecule has 1 aromatic heterocycles. The van der Waals surface area contributed by atoms with Gasteiger partial charge in [0.1, 0.15) is 37.7 Å². The van der Waals surface area contributed by atoms with Crippen LogP contribution in [0.15, 0.2) is 20.9 Å². The van der Waals surface area contributed by atoms with Crippen molar-refractivity contribution in [2.45, 2.75) is 244 Å². The number of aromatic amines is 1. The zero-order valence-electron chi connectivity index (χ0n) is 43.5. The minimum absolute atomic E-state index is 0.0730. The molecule has 1 aliphatic rings. The predicted octanol–water partition coefficient (Wildman–Crippen LogP) is 9.15. The monoisotopic (exact) mass is 1000 g/mol. The Balaban J connectivity index is 1.83. The second kappa shape index (κ2) is 38.9. The molecule has 2 amide bonds. The van der Waals surface area contributed by atoms with Gasteiger partial charge in [-0.15, -0.1) is 0 Å². The molecule has 1 aliphatic heterocycles. The van der Waals surface area contributed by atoms with Crippen LogP contribution in [0.2, 0.25) is 0 Å². The summed E-state index contributed by atoms with van der Waals surface area (Å²) in [6.45, 7) is 3.39. The van der Waals surface area contributed by atoms with Crippen LogP contribution in [0.4, 0.5) is 0 Å². The van der Waals surface area contributed by atoms with E-state index in [1.807, 2.05) is 0 Å². The number of amides is 2. The van der Waals surface area contributed by atoms with Gasteiger partial charge < -0.3 is 34.7 Å². The minimum Gasteiger partial charge on any atom is -0.463 e. The third-order valence-corrected chi connectivity index (χ3v) is 13.0. The number of carbonyl (C=O) groups is 5. The van der Waals surface area contributed by atoms with Crippen LogP contribution in [0.5, 0.6) is 0 Å². The summed E-state index contributed by atoms with van der Waals surface area (Å²) in [6.07, 6.45) is 29.4. The normalized spacial score (nSPS) is 15.5. The van der Waals surface area contributed by atoms with Crippen molar-refractivity contribution in [3.63, 3.8) is 0 Å². The molecule has 1 fully saturated rings. The molecule has 0 aliphatic carbocycles. The maximum atomic E-state index is 13.2. The fourth-order valence-electron chi connectivity index (χ4n) is 8.49. The van der Waals surface area contributed by atoms with Gasteiger partial charge >= 0.3 is 23.6 Å². The molecular weight excluding hydrogens is 915 g/mol. The maximum absolute atomic E-state index is 13.2. The number of aliphatic hydroxyl groups excluding tert-OH is 1. The number of H-pyrrole nitrogens is 1. The van der Waals surface area contributed by atoms with Crippen molar-refractivity contribution in [1.29, 1.82) is 0 Å². The number of carbonyl (C=O) groups excluding carboxylic acids is 5. The van der Waals surface area contributed by atoms with Gasteiger partial charge in [0, 0.05) is 42.4 Å². The van der Waals surface area contributed by atoms with Gasteiger partial charge in [-0.05, 0) is 25.3 Å². The van der Waals surface area contributed by atoms with Crippen LogP contribution in [0.25, 0.3) is 10.4 Å². The summed E-state index contributed by atoms with van der Waals surface area (Å²) in [7, 11) is 0. The van der Waals surface area contributed by atoms with E-state index in [-0.39, 0.29) is 44.3 Å². The highest BCUT2D eigenvalue weighted by molar-refractivity contribution is 5.86. The van der Waals surface area contributed by atoms with Gasteiger partial charge in [-0.25, -0.2) is 4.79 Å². The lowest BCUT2D eigenvalue weighted by Gasteiger charge is -2.32. The molecule has 0 aromatic carbocycles. The number of esters is 3. The predicted molar refractivity (Wildman–Crippen MR) is 271 cm³/mol. The molecule has 3 atom stereocenters. The second-order valence-electron chi connectivity index (χ2n) is 19.4. The van der Waals surface area contributed by atoms with Crippen LogP contribution in [-0.2, 0) is 42.9 Å². The second-order valence-corrected chi connectivity index (χ2v) is 19.4. The van der Waals surface area contributed by atoms with Gasteiger partial charge in [0.05, 0.1) is 25.6 Å². The molecule has 1 saturated heterocycles. The number of rotatable bonds is 43. The number of nitrogens with one attached hydrogen (secondary N) is 3. The third kappa shape index (κ3) is 28.8. The molecule has 71 heavy (non-hydrogen) atoms. The average Bonchev–Trinajstić information content (AvgIpc) is 3.76. The molecule has 1 aromatic rings. The quantitative estimate of drug-likeness (QED) is 0.0119. The van der Waals surface area contributed by atoms with Crippen molar-refractivity contribution in [3.05, 3.63) is 43.0 Å². The van der Waals surface area contributed by atoms with Crippen LogP contribution >= 0.6 is 0 Å². The maximum Gasteiger partial charge on any atom is 0.330 e. The van der Waals surface area contributed by atoms with Crippen LogP contribution < -0.4 is 21.9 Å². The van der Waals surface area contributed by atoms with Gasteiger partial charge in [-0.2, -0.15) is 0 Å². The number of aliphatic hydroxyl groups is 1. The van der Waals surface area contributed by atoms with E-state index >= 15 is 0 Å². The van der Waals surface area contributed by atoms with Gasteiger partial charge in [0.15, 0.2) is 0 Å². The van der Waals surface area contributed by atoms with Gasteiger partial charge in [-0.3, -0.25) is 38.3 Å². The zero-order chi connectivity index (χ0) is 52.0. The summed E-state index contributed by atoms with van der Waals surface area (Å²) in [4.78, 5) is 93.4. The van der Waals surface area contributed by atoms with E-state index in [1.165, 1.54) is 129 Å². The number of aryl methyl sites for hydroxylation is 1. The SMILES string of the molecule is CCCCCCCCCCCCCCCC(=O)OCC(CO)(COC(=O)CCCCCCCCCCCCCCC)NC(=O)CNC(=O)CCC(=O)OC[C@H]1O[C@@H](n2cc(C)c(=O)[nH]c2=O)C[C@@H]1N=[N+]=[N-]. The summed E-state index contributed by atoms with van der Waals surface area (Å²) < 4.78 is 23.3. The Labute approximate surface area is 421 Å². The van der Waals surface area contributed by atoms with E-state index in [0.717, 1.165) is 43.1 Å². The van der Waals surface area contributed by atoms with Crippen molar-refractivity contribution < 1.29 is 48.0 Å². The Morgan fingerprint density at radius 3 is 1.61 bits per heavy atom. The summed E-state index contributed by atoms with van der Waals surface area (Å²) in [5, 5.41) is 19.3. The summed E-state index contributed by atoms with van der Waals surface area (Å²) in [6, 6.07) is -0.801. The molecule has 19 nitrogen and oxygen atoms in total. The van der Waals surface area contributed by atoms with Crippen molar-refractivity contribution in [2.75, 3.05) is 33.0 Å². The molecule has 0 saturated carbocycles. The zero-order valence-corrected chi connectivity index (χ0v) is 43.5. The van der Waals surface area contributed by atoms with Gasteiger partial charge in [0.25, 0.3) is 5.56 Å². The highest BCUT2D eigenvalue weighted by atomic mass is 16.6. The van der Waals surface area contributed by atoms with Crippen LogP contribution in [0.1, 0.15) is 225 Å². The lowest BCUT2D eigenvalue weighted by atomic mass is 10.0. The standard InChI is InChI=1S/C52H89N7O12/c1-4-6-8-10-12-14-16-18-20-22-24-26-28-30-47(63)69-39-52(38-60,40-70-48(64)31-29-27-25-23-21-19-17-15-13-11-9-7-5-2)56-45(62)35-54-44(61)32-33-49(65)68-37-43-42(57-58-53)34-46(71-43)59-36-41(3)50(66)55-51(59)67/h36,42-43,46,60H,4-35,37-40H2,1-3H3,(H,54,61)(H,56,62)(H,55,66,67)/t42-,43+,46+/m0/s1. The molecule has 0 radical (unpaired) electrons. The van der Waals surface area contributed by atoms with E-state index in [1.54, 1.807) is 0 Å². The van der Waals surface area contributed by atoms with Crippen molar-refractivity contribution in [1.82, 2.24) is 20.2 Å². The fraction of sp³-hybridized carbons (Fsp3) is 0.827. The Hall–Kier alpha value is -4.74.